The highest BCUT2D eigenvalue weighted by atomic mass is 16.5. The number of amides is 1. The minimum absolute atomic E-state index is 0.111. The molecule has 0 fully saturated rings. The van der Waals surface area contributed by atoms with Crippen molar-refractivity contribution in [3.05, 3.63) is 59.2 Å². The van der Waals surface area contributed by atoms with Crippen molar-refractivity contribution >= 4 is 5.91 Å². The van der Waals surface area contributed by atoms with Gasteiger partial charge in [-0.15, -0.1) is 0 Å². The predicted octanol–water partition coefficient (Wildman–Crippen LogP) is 5.41. The van der Waals surface area contributed by atoms with E-state index in [0.717, 1.165) is 17.5 Å². The van der Waals surface area contributed by atoms with Gasteiger partial charge in [0.1, 0.15) is 11.5 Å². The minimum atomic E-state index is -0.111. The van der Waals surface area contributed by atoms with Crippen LogP contribution in [-0.4, -0.2) is 24.2 Å². The van der Waals surface area contributed by atoms with E-state index in [-0.39, 0.29) is 11.7 Å². The summed E-state index contributed by atoms with van der Waals surface area (Å²) in [5.74, 6) is 0.793. The van der Waals surface area contributed by atoms with Crippen molar-refractivity contribution in [1.29, 1.82) is 0 Å². The number of hydrogen-bond donors (Lipinski definition) is 2. The molecule has 0 saturated heterocycles. The highest BCUT2D eigenvalue weighted by molar-refractivity contribution is 5.97. The lowest BCUT2D eigenvalue weighted by molar-refractivity contribution is 0.0950. The molecule has 0 heterocycles. The molecule has 28 heavy (non-hydrogen) atoms. The molecule has 2 aromatic carbocycles. The zero-order valence-electron chi connectivity index (χ0n) is 17.2. The van der Waals surface area contributed by atoms with E-state index in [1.807, 2.05) is 37.3 Å². The van der Waals surface area contributed by atoms with Crippen molar-refractivity contribution in [1.82, 2.24) is 5.32 Å². The largest absolute Gasteiger partial charge is 0.508 e. The maximum absolute atomic E-state index is 12.6. The summed E-state index contributed by atoms with van der Waals surface area (Å²) in [7, 11) is 0. The van der Waals surface area contributed by atoms with Gasteiger partial charge in [0.15, 0.2) is 0 Å². The smallest absolute Gasteiger partial charge is 0.255 e. The van der Waals surface area contributed by atoms with E-state index in [1.165, 1.54) is 32.1 Å². The number of phenolic OH excluding ortho intramolecular Hbond substituents is 1. The van der Waals surface area contributed by atoms with Crippen LogP contribution in [0.1, 0.15) is 66.9 Å². The molecule has 0 spiro atoms. The molecule has 0 aromatic heterocycles. The third-order valence-electron chi connectivity index (χ3n) is 4.77. The predicted molar refractivity (Wildman–Crippen MR) is 114 cm³/mol. The molecular formula is C24H33NO3. The monoisotopic (exact) mass is 383 g/mol. The highest BCUT2D eigenvalue weighted by Crippen LogP contribution is 2.21. The number of aryl methyl sites for hydroxylation is 1. The lowest BCUT2D eigenvalue weighted by Crippen LogP contribution is -2.26. The number of unbranched alkanes of at least 4 members (excludes halogenated alkanes) is 5. The van der Waals surface area contributed by atoms with Crippen molar-refractivity contribution in [2.24, 2.45) is 0 Å². The Hall–Kier alpha value is -2.49. The summed E-state index contributed by atoms with van der Waals surface area (Å²) in [4.78, 5) is 12.6. The maximum Gasteiger partial charge on any atom is 0.255 e. The van der Waals surface area contributed by atoms with Gasteiger partial charge in [0, 0.05) is 6.54 Å². The number of rotatable bonds is 12. The van der Waals surface area contributed by atoms with Crippen LogP contribution in [0.4, 0.5) is 0 Å². The molecule has 1 amide bonds. The standard InChI is InChI=1S/C24H33NO3/c1-3-4-5-6-7-8-17-28-23-14-9-19(2)18-22(23)24(27)25-16-15-20-10-12-21(26)13-11-20/h9-14,18,26H,3-8,15-17H2,1-2H3,(H,25,27). The van der Waals surface area contributed by atoms with Crippen molar-refractivity contribution < 1.29 is 14.6 Å². The van der Waals surface area contributed by atoms with Gasteiger partial charge < -0.3 is 15.2 Å². The van der Waals surface area contributed by atoms with E-state index < -0.39 is 0 Å². The Morgan fingerprint density at radius 2 is 1.71 bits per heavy atom. The molecule has 4 heteroatoms. The lowest BCUT2D eigenvalue weighted by atomic mass is 10.1. The molecule has 4 nitrogen and oxygen atoms in total. The van der Waals surface area contributed by atoms with Gasteiger partial charge in [-0.2, -0.15) is 0 Å². The summed E-state index contributed by atoms with van der Waals surface area (Å²) in [5.41, 5.74) is 2.70. The Morgan fingerprint density at radius 1 is 1.00 bits per heavy atom. The molecule has 0 radical (unpaired) electrons. The highest BCUT2D eigenvalue weighted by Gasteiger charge is 2.12. The van der Waals surface area contributed by atoms with Gasteiger partial charge in [0.05, 0.1) is 12.2 Å². The molecule has 0 aliphatic carbocycles. The fourth-order valence-electron chi connectivity index (χ4n) is 3.09. The van der Waals surface area contributed by atoms with Gasteiger partial charge >= 0.3 is 0 Å². The van der Waals surface area contributed by atoms with Crippen molar-refractivity contribution in [2.75, 3.05) is 13.2 Å². The van der Waals surface area contributed by atoms with Crippen LogP contribution in [0.3, 0.4) is 0 Å². The first-order valence-electron chi connectivity index (χ1n) is 10.4. The molecule has 0 atom stereocenters. The molecule has 0 aliphatic heterocycles. The van der Waals surface area contributed by atoms with Crippen molar-refractivity contribution in [3.63, 3.8) is 0 Å². The van der Waals surface area contributed by atoms with Gasteiger partial charge in [-0.3, -0.25) is 4.79 Å². The topological polar surface area (TPSA) is 58.6 Å². The second kappa shape index (κ2) is 12.1. The molecule has 0 bridgehead atoms. The average Bonchev–Trinajstić information content (AvgIpc) is 2.69. The summed E-state index contributed by atoms with van der Waals surface area (Å²) in [6, 6.07) is 12.8. The van der Waals surface area contributed by atoms with Gasteiger partial charge in [-0.1, -0.05) is 62.8 Å². The number of nitrogens with one attached hydrogen (secondary N) is 1. The maximum atomic E-state index is 12.6. The number of carbonyl (C=O) groups excluding carboxylic acids is 1. The minimum Gasteiger partial charge on any atom is -0.508 e. The second-order valence-corrected chi connectivity index (χ2v) is 7.29. The Balaban J connectivity index is 1.82. The molecule has 2 N–H and O–H groups in total. The fraction of sp³-hybridized carbons (Fsp3) is 0.458. The Bertz CT molecular complexity index is 725. The first-order chi connectivity index (χ1) is 13.6. The van der Waals surface area contributed by atoms with Crippen LogP contribution in [0, 0.1) is 6.92 Å². The molecule has 2 rings (SSSR count). The van der Waals surface area contributed by atoms with Gasteiger partial charge in [0.2, 0.25) is 0 Å². The second-order valence-electron chi connectivity index (χ2n) is 7.29. The summed E-state index contributed by atoms with van der Waals surface area (Å²) in [5, 5.41) is 12.3. The Morgan fingerprint density at radius 3 is 2.46 bits per heavy atom. The van der Waals surface area contributed by atoms with Crippen LogP contribution in [0.5, 0.6) is 11.5 Å². The van der Waals surface area contributed by atoms with Crippen LogP contribution < -0.4 is 10.1 Å². The third kappa shape index (κ3) is 7.63. The zero-order valence-corrected chi connectivity index (χ0v) is 17.2. The fourth-order valence-corrected chi connectivity index (χ4v) is 3.09. The number of benzene rings is 2. The van der Waals surface area contributed by atoms with Crippen LogP contribution >= 0.6 is 0 Å². The zero-order chi connectivity index (χ0) is 20.2. The van der Waals surface area contributed by atoms with Crippen LogP contribution in [0.2, 0.25) is 0 Å². The number of phenols is 1. The quantitative estimate of drug-likeness (QED) is 0.482. The summed E-state index contributed by atoms with van der Waals surface area (Å²) >= 11 is 0. The molecule has 152 valence electrons. The number of ether oxygens (including phenoxy) is 1. The average molecular weight is 384 g/mol. The first-order valence-corrected chi connectivity index (χ1v) is 10.4. The number of aromatic hydroxyl groups is 1. The van der Waals surface area contributed by atoms with Gasteiger partial charge in [-0.05, 0) is 49.6 Å². The summed E-state index contributed by atoms with van der Waals surface area (Å²) in [6.07, 6.45) is 7.98. The van der Waals surface area contributed by atoms with E-state index in [0.29, 0.717) is 30.9 Å². The molecule has 0 aliphatic rings. The Labute approximate surface area is 168 Å². The lowest BCUT2D eigenvalue weighted by Gasteiger charge is -2.13. The Kier molecular flexibility index (Phi) is 9.40. The molecule has 0 unspecified atom stereocenters. The van der Waals surface area contributed by atoms with Crippen LogP contribution in [0.25, 0.3) is 0 Å². The number of hydrogen-bond acceptors (Lipinski definition) is 3. The summed E-state index contributed by atoms with van der Waals surface area (Å²) < 4.78 is 5.91. The SMILES string of the molecule is CCCCCCCCOc1ccc(C)cc1C(=O)NCCc1ccc(O)cc1. The van der Waals surface area contributed by atoms with E-state index in [9.17, 15) is 9.90 Å². The first kappa shape index (κ1) is 21.8. The van der Waals surface area contributed by atoms with Crippen LogP contribution in [0.15, 0.2) is 42.5 Å². The van der Waals surface area contributed by atoms with E-state index in [2.05, 4.69) is 12.2 Å². The number of carbonyl (C=O) groups is 1. The van der Waals surface area contributed by atoms with Crippen LogP contribution in [-0.2, 0) is 6.42 Å². The van der Waals surface area contributed by atoms with Gasteiger partial charge in [0.25, 0.3) is 5.91 Å². The van der Waals surface area contributed by atoms with E-state index in [1.54, 1.807) is 12.1 Å². The third-order valence-corrected chi connectivity index (χ3v) is 4.77. The molecule has 2 aromatic rings. The van der Waals surface area contributed by atoms with Crippen molar-refractivity contribution in [2.45, 2.75) is 58.8 Å². The summed E-state index contributed by atoms with van der Waals surface area (Å²) in [6.45, 7) is 5.37. The van der Waals surface area contributed by atoms with E-state index >= 15 is 0 Å². The molecule has 0 saturated carbocycles. The van der Waals surface area contributed by atoms with E-state index in [4.69, 9.17) is 4.74 Å². The van der Waals surface area contributed by atoms with Gasteiger partial charge in [-0.25, -0.2) is 0 Å². The molecular weight excluding hydrogens is 350 g/mol. The normalized spacial score (nSPS) is 10.6. The van der Waals surface area contributed by atoms with Crippen molar-refractivity contribution in [3.8, 4) is 11.5 Å².